The van der Waals surface area contributed by atoms with Gasteiger partial charge in [0.1, 0.15) is 18.3 Å². The number of hydrogen-bond acceptors (Lipinski definition) is 5. The molecule has 0 heterocycles. The zero-order chi connectivity index (χ0) is 29.3. The molecule has 0 bridgehead atoms. The van der Waals surface area contributed by atoms with Crippen molar-refractivity contribution in [2.75, 3.05) is 18.0 Å². The fourth-order valence-corrected chi connectivity index (χ4v) is 5.84. The van der Waals surface area contributed by atoms with E-state index in [-0.39, 0.29) is 39.8 Å². The van der Waals surface area contributed by atoms with E-state index in [0.717, 1.165) is 16.3 Å². The van der Waals surface area contributed by atoms with Gasteiger partial charge in [-0.05, 0) is 55.7 Å². The van der Waals surface area contributed by atoms with Crippen LogP contribution in [0.15, 0.2) is 83.8 Å². The van der Waals surface area contributed by atoms with Crippen molar-refractivity contribution in [1.29, 1.82) is 0 Å². The number of amides is 2. The zero-order valence-electron chi connectivity index (χ0n) is 23.2. The molecule has 3 aromatic rings. The molecule has 0 radical (unpaired) electrons. The highest BCUT2D eigenvalue weighted by atomic mass is 35.5. The van der Waals surface area contributed by atoms with E-state index in [1.807, 2.05) is 51.1 Å². The molecule has 2 amide bonds. The molecular formula is C30H36ClN3O5S. The largest absolute Gasteiger partial charge is 0.495 e. The number of methoxy groups -OCH3 is 1. The van der Waals surface area contributed by atoms with Crippen molar-refractivity contribution >= 4 is 39.1 Å². The van der Waals surface area contributed by atoms with Gasteiger partial charge in [0.2, 0.25) is 11.8 Å². The molecule has 10 heteroatoms. The van der Waals surface area contributed by atoms with Crippen molar-refractivity contribution in [2.24, 2.45) is 0 Å². The molecule has 0 saturated heterocycles. The molecule has 0 spiro atoms. The molecule has 0 saturated carbocycles. The molecule has 0 aliphatic rings. The third-order valence-electron chi connectivity index (χ3n) is 6.60. The van der Waals surface area contributed by atoms with Crippen LogP contribution in [-0.4, -0.2) is 50.9 Å². The summed E-state index contributed by atoms with van der Waals surface area (Å²) in [6.45, 7) is 5.23. The minimum absolute atomic E-state index is 0.000920. The van der Waals surface area contributed by atoms with Crippen LogP contribution in [0.3, 0.4) is 0 Å². The lowest BCUT2D eigenvalue weighted by Crippen LogP contribution is -2.53. The number of halogens is 1. The van der Waals surface area contributed by atoms with Crippen LogP contribution in [0.1, 0.15) is 39.2 Å². The topological polar surface area (TPSA) is 96.0 Å². The fourth-order valence-electron chi connectivity index (χ4n) is 4.23. The van der Waals surface area contributed by atoms with Gasteiger partial charge in [-0.1, -0.05) is 74.0 Å². The van der Waals surface area contributed by atoms with Crippen LogP contribution in [0.25, 0.3) is 0 Å². The minimum Gasteiger partial charge on any atom is -0.495 e. The van der Waals surface area contributed by atoms with Gasteiger partial charge < -0.3 is 15.0 Å². The number of anilines is 1. The Morgan fingerprint density at radius 1 is 0.950 bits per heavy atom. The highest BCUT2D eigenvalue weighted by Gasteiger charge is 2.35. The van der Waals surface area contributed by atoms with Crippen LogP contribution >= 0.6 is 11.6 Å². The maximum absolute atomic E-state index is 14.1. The normalized spacial score (nSPS) is 12.7. The molecule has 0 fully saturated rings. The predicted molar refractivity (Wildman–Crippen MR) is 158 cm³/mol. The molecule has 0 aromatic heterocycles. The summed E-state index contributed by atoms with van der Waals surface area (Å²) in [5.41, 5.74) is 0.924. The van der Waals surface area contributed by atoms with Gasteiger partial charge in [-0.2, -0.15) is 0 Å². The van der Waals surface area contributed by atoms with Crippen molar-refractivity contribution in [1.82, 2.24) is 10.2 Å². The second kappa shape index (κ2) is 14.2. The van der Waals surface area contributed by atoms with Gasteiger partial charge in [0.25, 0.3) is 10.0 Å². The van der Waals surface area contributed by atoms with Gasteiger partial charge in [0, 0.05) is 17.6 Å². The maximum Gasteiger partial charge on any atom is 0.264 e. The van der Waals surface area contributed by atoms with Crippen molar-refractivity contribution in [3.63, 3.8) is 0 Å². The van der Waals surface area contributed by atoms with E-state index in [0.29, 0.717) is 6.42 Å². The quantitative estimate of drug-likeness (QED) is 0.295. The summed E-state index contributed by atoms with van der Waals surface area (Å²) >= 11 is 6.27. The van der Waals surface area contributed by atoms with Gasteiger partial charge in [-0.3, -0.25) is 13.9 Å². The number of rotatable bonds is 13. The second-order valence-corrected chi connectivity index (χ2v) is 11.7. The zero-order valence-corrected chi connectivity index (χ0v) is 24.8. The number of nitrogens with zero attached hydrogens (tertiary/aromatic N) is 2. The minimum atomic E-state index is -4.23. The van der Waals surface area contributed by atoms with E-state index < -0.39 is 28.5 Å². The number of hydrogen-bond donors (Lipinski definition) is 1. The molecule has 0 aliphatic carbocycles. The Morgan fingerprint density at radius 3 is 2.15 bits per heavy atom. The van der Waals surface area contributed by atoms with E-state index in [4.69, 9.17) is 16.3 Å². The Balaban J connectivity index is 2.10. The average molecular weight is 586 g/mol. The predicted octanol–water partition coefficient (Wildman–Crippen LogP) is 5.27. The summed E-state index contributed by atoms with van der Waals surface area (Å²) < 4.78 is 34.4. The van der Waals surface area contributed by atoms with E-state index in [1.165, 1.54) is 30.2 Å². The number of nitrogens with one attached hydrogen (secondary N) is 1. The lowest BCUT2D eigenvalue weighted by molar-refractivity contribution is -0.140. The van der Waals surface area contributed by atoms with Crippen LogP contribution in [0.2, 0.25) is 5.02 Å². The summed E-state index contributed by atoms with van der Waals surface area (Å²) in [6, 6.07) is 20.8. The molecule has 214 valence electrons. The van der Waals surface area contributed by atoms with Crippen LogP contribution in [0.5, 0.6) is 5.75 Å². The summed E-state index contributed by atoms with van der Waals surface area (Å²) in [5, 5.41) is 3.24. The molecule has 0 aliphatic heterocycles. The van der Waals surface area contributed by atoms with Crippen LogP contribution in [0.4, 0.5) is 5.69 Å². The summed E-state index contributed by atoms with van der Waals surface area (Å²) in [7, 11) is -2.82. The lowest BCUT2D eigenvalue weighted by Gasteiger charge is -2.34. The standard InChI is InChI=1S/C30H36ClN3O5S/c1-5-22(3)32-30(36)26(6-2)33(20-23-13-9-7-10-14-23)29(35)21-34(27-19-24(31)17-18-28(27)39-4)40(37,38)25-15-11-8-12-16-25/h7-19,22,26H,5-6,20-21H2,1-4H3,(H,32,36)/t22-,26-/m0/s1. The first-order valence-corrected chi connectivity index (χ1v) is 15.0. The number of carbonyl (C=O) groups is 2. The third-order valence-corrected chi connectivity index (χ3v) is 8.61. The Kier molecular flexibility index (Phi) is 11.0. The maximum atomic E-state index is 14.1. The van der Waals surface area contributed by atoms with E-state index >= 15 is 0 Å². The third kappa shape index (κ3) is 7.55. The van der Waals surface area contributed by atoms with Gasteiger partial charge >= 0.3 is 0 Å². The summed E-state index contributed by atoms with van der Waals surface area (Å²) in [5.74, 6) is -0.608. The monoisotopic (exact) mass is 585 g/mol. The van der Waals surface area contributed by atoms with E-state index in [2.05, 4.69) is 5.32 Å². The molecule has 40 heavy (non-hydrogen) atoms. The Bertz CT molecular complexity index is 1390. The molecular weight excluding hydrogens is 550 g/mol. The van der Waals surface area contributed by atoms with Crippen LogP contribution in [0, 0.1) is 0 Å². The number of sulfonamides is 1. The summed E-state index contributed by atoms with van der Waals surface area (Å²) in [4.78, 5) is 28.9. The van der Waals surface area contributed by atoms with Crippen molar-refractivity contribution in [3.8, 4) is 5.75 Å². The first kappa shape index (κ1) is 31.0. The SMILES string of the molecule is CC[C@H](C)NC(=O)[C@H](CC)N(Cc1ccccc1)C(=O)CN(c1cc(Cl)ccc1OC)S(=O)(=O)c1ccccc1. The molecule has 2 atom stereocenters. The molecule has 1 N–H and O–H groups in total. The number of ether oxygens (including phenoxy) is 1. The Morgan fingerprint density at radius 2 is 1.57 bits per heavy atom. The molecule has 3 rings (SSSR count). The average Bonchev–Trinajstić information content (AvgIpc) is 2.96. The smallest absolute Gasteiger partial charge is 0.264 e. The van der Waals surface area contributed by atoms with E-state index in [1.54, 1.807) is 30.3 Å². The van der Waals surface area contributed by atoms with Crippen molar-refractivity contribution in [2.45, 2.75) is 57.1 Å². The Labute approximate surface area is 241 Å². The summed E-state index contributed by atoms with van der Waals surface area (Å²) in [6.07, 6.45) is 1.07. The van der Waals surface area contributed by atoms with Gasteiger partial charge in [-0.25, -0.2) is 8.42 Å². The van der Waals surface area contributed by atoms with Crippen molar-refractivity contribution in [3.05, 3.63) is 89.4 Å². The van der Waals surface area contributed by atoms with Crippen molar-refractivity contribution < 1.29 is 22.7 Å². The van der Waals surface area contributed by atoms with E-state index in [9.17, 15) is 18.0 Å². The lowest BCUT2D eigenvalue weighted by atomic mass is 10.1. The van der Waals surface area contributed by atoms with Crippen LogP contribution < -0.4 is 14.4 Å². The van der Waals surface area contributed by atoms with Gasteiger partial charge in [0.15, 0.2) is 0 Å². The van der Waals surface area contributed by atoms with Gasteiger partial charge in [0.05, 0.1) is 17.7 Å². The first-order valence-electron chi connectivity index (χ1n) is 13.2. The molecule has 3 aromatic carbocycles. The fraction of sp³-hybridized carbons (Fsp3) is 0.333. The molecule has 8 nitrogen and oxygen atoms in total. The van der Waals surface area contributed by atoms with Crippen LogP contribution in [-0.2, 0) is 26.2 Å². The number of carbonyl (C=O) groups excluding carboxylic acids is 2. The van der Waals surface area contributed by atoms with Gasteiger partial charge in [-0.15, -0.1) is 0 Å². The molecule has 0 unspecified atom stereocenters. The Hall–Kier alpha value is -3.56. The highest BCUT2D eigenvalue weighted by Crippen LogP contribution is 2.35. The second-order valence-electron chi connectivity index (χ2n) is 9.39. The highest BCUT2D eigenvalue weighted by molar-refractivity contribution is 7.92. The first-order chi connectivity index (χ1) is 19.1. The number of benzene rings is 3.